The van der Waals surface area contributed by atoms with Crippen molar-refractivity contribution >= 4 is 24.4 Å². The first kappa shape index (κ1) is 10.6. The maximum atomic E-state index is 7.94. The van der Waals surface area contributed by atoms with Crippen LogP contribution in [0, 0.1) is 0 Å². The Hall–Kier alpha value is 0.698. The molecule has 0 aliphatic heterocycles. The molecule has 40 valence electrons. The molecule has 0 amide bonds. The molecule has 0 aromatic rings. The van der Waals surface area contributed by atoms with Gasteiger partial charge in [0.05, 0.1) is 0 Å². The Bertz CT molecular complexity index is 39.9. The van der Waals surface area contributed by atoms with Crippen LogP contribution in [0.2, 0.25) is 0 Å². The topological polar surface area (TPSA) is 60.7 Å². The van der Waals surface area contributed by atoms with Gasteiger partial charge in [0.2, 0.25) is 0 Å². The van der Waals surface area contributed by atoms with Gasteiger partial charge in [-0.15, -0.1) is 0 Å². The fraction of sp³-hybridized carbons (Fsp3) is 1.00. The summed E-state index contributed by atoms with van der Waals surface area (Å²) in [6.45, 7) is 1.46. The molecule has 0 aromatic heterocycles. The van der Waals surface area contributed by atoms with Gasteiger partial charge in [-0.05, 0) is 0 Å². The molecule has 4 heteroatoms. The first-order valence-electron chi connectivity index (χ1n) is 1.73. The van der Waals surface area contributed by atoms with E-state index in [1.54, 1.807) is 0 Å². The molecule has 0 fully saturated rings. The Labute approximate surface area is 59.4 Å². The van der Waals surface area contributed by atoms with Crippen molar-refractivity contribution in [3.63, 3.8) is 0 Å². The van der Waals surface area contributed by atoms with E-state index in [4.69, 9.17) is 15.3 Å². The summed E-state index contributed by atoms with van der Waals surface area (Å²) in [6, 6.07) is 0. The molecule has 0 spiro atoms. The van der Waals surface area contributed by atoms with E-state index in [-0.39, 0.29) is 30.8 Å². The van der Waals surface area contributed by atoms with Crippen LogP contribution in [0.1, 0.15) is 13.3 Å². The van der Waals surface area contributed by atoms with Crippen LogP contribution in [0.25, 0.3) is 0 Å². The summed E-state index contributed by atoms with van der Waals surface area (Å²) >= 11 is 0. The number of hydrogen-bond donors (Lipinski definition) is 3. The van der Waals surface area contributed by atoms with E-state index in [9.17, 15) is 0 Å². The van der Waals surface area contributed by atoms with E-state index in [1.807, 2.05) is 0 Å². The SMILES string of the molecule is CCC(O)(O)O.[Sb+3]. The zero-order chi connectivity index (χ0) is 5.21. The van der Waals surface area contributed by atoms with Gasteiger partial charge in [-0.1, -0.05) is 6.92 Å². The van der Waals surface area contributed by atoms with Crippen LogP contribution in [0.3, 0.4) is 0 Å². The van der Waals surface area contributed by atoms with Gasteiger partial charge in [-0.2, -0.15) is 0 Å². The third-order valence-electron chi connectivity index (χ3n) is 0.474. The molecule has 0 rings (SSSR count). The Balaban J connectivity index is 0. The summed E-state index contributed by atoms with van der Waals surface area (Å²) in [7, 11) is 0. The van der Waals surface area contributed by atoms with Crippen molar-refractivity contribution in [1.29, 1.82) is 0 Å². The predicted molar refractivity (Wildman–Crippen MR) is 25.4 cm³/mol. The Morgan fingerprint density at radius 2 is 1.43 bits per heavy atom. The van der Waals surface area contributed by atoms with Gasteiger partial charge in [0, 0.05) is 6.42 Å². The first-order chi connectivity index (χ1) is 2.56. The van der Waals surface area contributed by atoms with Crippen LogP contribution in [0.4, 0.5) is 0 Å². The Morgan fingerprint density at radius 3 is 1.43 bits per heavy atom. The standard InChI is InChI=1S/C3H8O3.Sb/c1-2-3(4,5)6;/h4-6H,2H2,1H3;/q;+3. The minimum atomic E-state index is -2.46. The summed E-state index contributed by atoms with van der Waals surface area (Å²) in [5, 5.41) is 23.8. The maximum Gasteiger partial charge on any atom is 3.00 e. The molecule has 3 nitrogen and oxygen atoms in total. The summed E-state index contributed by atoms with van der Waals surface area (Å²) in [5.41, 5.74) is 0. The van der Waals surface area contributed by atoms with Crippen molar-refractivity contribution in [3.05, 3.63) is 0 Å². The average Bonchev–Trinajstić information content (AvgIpc) is 1.35. The molecule has 0 atom stereocenters. The molecule has 7 heavy (non-hydrogen) atoms. The molecule has 2 radical (unpaired) electrons. The Morgan fingerprint density at radius 1 is 1.29 bits per heavy atom. The van der Waals surface area contributed by atoms with Gasteiger partial charge in [-0.25, -0.2) is 0 Å². The fourth-order valence-electron chi connectivity index (χ4n) is 0. The molecular formula is C3H8O3Sb+3. The van der Waals surface area contributed by atoms with E-state index in [1.165, 1.54) is 6.92 Å². The number of rotatable bonds is 1. The van der Waals surface area contributed by atoms with Crippen LogP contribution >= 0.6 is 0 Å². The normalized spacial score (nSPS) is 10.3. The zero-order valence-corrected chi connectivity index (χ0v) is 6.55. The third kappa shape index (κ3) is 10.8. The Kier molecular flexibility index (Phi) is 5.58. The number of hydrogen-bond acceptors (Lipinski definition) is 3. The maximum absolute atomic E-state index is 7.94. The molecule has 3 N–H and O–H groups in total. The molecule has 0 heterocycles. The van der Waals surface area contributed by atoms with E-state index in [0.717, 1.165) is 0 Å². The second kappa shape index (κ2) is 3.67. The monoisotopic (exact) mass is 213 g/mol. The molecule has 0 saturated heterocycles. The van der Waals surface area contributed by atoms with Gasteiger partial charge >= 0.3 is 24.4 Å². The van der Waals surface area contributed by atoms with Gasteiger partial charge < -0.3 is 15.3 Å². The second-order valence-corrected chi connectivity index (χ2v) is 1.13. The van der Waals surface area contributed by atoms with Crippen LogP contribution in [-0.4, -0.2) is 45.7 Å². The average molecular weight is 214 g/mol. The summed E-state index contributed by atoms with van der Waals surface area (Å²) in [4.78, 5) is 0. The molecule has 0 aliphatic carbocycles. The molecule has 0 saturated carbocycles. The van der Waals surface area contributed by atoms with Crippen molar-refractivity contribution in [2.45, 2.75) is 19.3 Å². The molecule has 0 aromatic carbocycles. The molecule has 0 unspecified atom stereocenters. The van der Waals surface area contributed by atoms with Crippen molar-refractivity contribution in [2.24, 2.45) is 0 Å². The van der Waals surface area contributed by atoms with Crippen molar-refractivity contribution in [1.82, 2.24) is 0 Å². The predicted octanol–water partition coefficient (Wildman–Crippen LogP) is -1.35. The molecular weight excluding hydrogens is 206 g/mol. The molecule has 0 aliphatic rings. The number of aliphatic hydroxyl groups is 3. The van der Waals surface area contributed by atoms with Crippen molar-refractivity contribution in [2.75, 3.05) is 0 Å². The molecule has 0 bridgehead atoms. The summed E-state index contributed by atoms with van der Waals surface area (Å²) in [6.07, 6.45) is -0.0625. The fourth-order valence-corrected chi connectivity index (χ4v) is 0. The van der Waals surface area contributed by atoms with Crippen LogP contribution in [0.15, 0.2) is 0 Å². The van der Waals surface area contributed by atoms with Gasteiger partial charge in [0.25, 0.3) is 5.97 Å². The summed E-state index contributed by atoms with van der Waals surface area (Å²) in [5.74, 6) is -2.46. The van der Waals surface area contributed by atoms with E-state index >= 15 is 0 Å². The van der Waals surface area contributed by atoms with Gasteiger partial charge in [-0.3, -0.25) is 0 Å². The van der Waals surface area contributed by atoms with Crippen molar-refractivity contribution in [3.8, 4) is 0 Å². The third-order valence-corrected chi connectivity index (χ3v) is 0.474. The van der Waals surface area contributed by atoms with Crippen LogP contribution in [0.5, 0.6) is 0 Å². The van der Waals surface area contributed by atoms with Crippen LogP contribution < -0.4 is 0 Å². The van der Waals surface area contributed by atoms with Crippen LogP contribution in [-0.2, 0) is 0 Å². The second-order valence-electron chi connectivity index (χ2n) is 1.13. The zero-order valence-electron chi connectivity index (χ0n) is 4.00. The van der Waals surface area contributed by atoms with Gasteiger partial charge in [0.1, 0.15) is 0 Å². The minimum absolute atomic E-state index is 0. The quantitative estimate of drug-likeness (QED) is 0.373. The van der Waals surface area contributed by atoms with E-state index in [0.29, 0.717) is 0 Å². The smallest absolute Gasteiger partial charge is 0.344 e. The van der Waals surface area contributed by atoms with E-state index in [2.05, 4.69) is 0 Å². The summed E-state index contributed by atoms with van der Waals surface area (Å²) < 4.78 is 0. The first-order valence-corrected chi connectivity index (χ1v) is 1.73. The van der Waals surface area contributed by atoms with Gasteiger partial charge in [0.15, 0.2) is 0 Å². The minimum Gasteiger partial charge on any atom is -0.344 e. The van der Waals surface area contributed by atoms with E-state index < -0.39 is 5.97 Å². The largest absolute Gasteiger partial charge is 3.00 e. The van der Waals surface area contributed by atoms with Crippen molar-refractivity contribution < 1.29 is 15.3 Å².